The van der Waals surface area contributed by atoms with Crippen molar-refractivity contribution in [1.82, 2.24) is 10.2 Å². The fourth-order valence-electron chi connectivity index (χ4n) is 6.66. The van der Waals surface area contributed by atoms with Crippen molar-refractivity contribution in [2.75, 3.05) is 151 Å². The number of ether oxygens (including phenoxy) is 12. The van der Waals surface area contributed by atoms with E-state index in [9.17, 15) is 24.0 Å². The second kappa shape index (κ2) is 33.9. The molecule has 3 aliphatic heterocycles. The Morgan fingerprint density at radius 3 is 1.58 bits per heavy atom. The molecule has 0 saturated carbocycles. The van der Waals surface area contributed by atoms with Gasteiger partial charge < -0.3 is 62.2 Å². The predicted molar refractivity (Wildman–Crippen MR) is 228 cm³/mol. The number of hydrogen-bond acceptors (Lipinski definition) is 17. The summed E-state index contributed by atoms with van der Waals surface area (Å²) in [6, 6.07) is 3.53. The minimum atomic E-state index is -1.07. The number of piperidine rings is 1. The maximum atomic E-state index is 13.2. The van der Waals surface area contributed by atoms with Gasteiger partial charge in [-0.15, -0.1) is 0 Å². The summed E-state index contributed by atoms with van der Waals surface area (Å²) in [4.78, 5) is 63.6. The summed E-state index contributed by atoms with van der Waals surface area (Å²) in [6.45, 7) is 10.9. The van der Waals surface area contributed by atoms with Crippen LogP contribution in [0, 0.1) is 0 Å². The lowest BCUT2D eigenvalue weighted by atomic mass is 10.0. The standard InChI is InChI=1S/C44H69N3O17/c48-38(45-36-8-6-7-35-41(36)44(52)47(43(35)51)37-11-12-39(49)46-42(37)50)9-2-1-4-13-53-15-16-54-17-18-55-19-20-56-21-22-57-23-24-58-25-26-59-27-28-60-29-30-61-31-32-62-33-34-64-40-10-3-5-14-63-40/h6-8,37,40H,1-5,9-34H2,(H,45,48)(H,46,49,50). The van der Waals surface area contributed by atoms with Crippen LogP contribution in [0.2, 0.25) is 0 Å². The van der Waals surface area contributed by atoms with E-state index in [0.29, 0.717) is 145 Å². The fraction of sp³-hybridized carbons (Fsp3) is 0.750. The van der Waals surface area contributed by atoms with Gasteiger partial charge in [0.1, 0.15) is 6.04 Å². The second-order valence-corrected chi connectivity index (χ2v) is 14.8. The van der Waals surface area contributed by atoms with Gasteiger partial charge in [-0.1, -0.05) is 12.5 Å². The third-order valence-electron chi connectivity index (χ3n) is 9.95. The van der Waals surface area contributed by atoms with Crippen molar-refractivity contribution in [3.05, 3.63) is 29.3 Å². The Labute approximate surface area is 375 Å². The smallest absolute Gasteiger partial charge is 0.264 e. The molecule has 64 heavy (non-hydrogen) atoms. The predicted octanol–water partition coefficient (Wildman–Crippen LogP) is 2.30. The highest BCUT2D eigenvalue weighted by Crippen LogP contribution is 2.32. The first-order valence-corrected chi connectivity index (χ1v) is 22.6. The molecule has 2 atom stereocenters. The molecule has 2 N–H and O–H groups in total. The lowest BCUT2D eigenvalue weighted by molar-refractivity contribution is -0.169. The molecule has 3 aliphatic rings. The van der Waals surface area contributed by atoms with Crippen LogP contribution in [0.4, 0.5) is 5.69 Å². The average Bonchev–Trinajstić information content (AvgIpc) is 3.55. The number of nitrogens with one attached hydrogen (secondary N) is 2. The number of fused-ring (bicyclic) bond motifs is 1. The molecule has 2 unspecified atom stereocenters. The molecule has 0 aliphatic carbocycles. The van der Waals surface area contributed by atoms with Crippen LogP contribution in [-0.4, -0.2) is 192 Å². The maximum absolute atomic E-state index is 13.2. The molecule has 3 heterocycles. The Morgan fingerprint density at radius 2 is 1.09 bits per heavy atom. The van der Waals surface area contributed by atoms with Crippen molar-refractivity contribution in [3.8, 4) is 0 Å². The molecule has 20 nitrogen and oxygen atoms in total. The van der Waals surface area contributed by atoms with Gasteiger partial charge in [0.25, 0.3) is 11.8 Å². The van der Waals surface area contributed by atoms with E-state index in [-0.39, 0.29) is 48.3 Å². The van der Waals surface area contributed by atoms with Crippen LogP contribution in [-0.2, 0) is 71.2 Å². The summed E-state index contributed by atoms with van der Waals surface area (Å²) < 4.78 is 66.3. The lowest BCUT2D eigenvalue weighted by Gasteiger charge is -2.27. The fourth-order valence-corrected chi connectivity index (χ4v) is 6.66. The molecule has 1 aromatic rings. The van der Waals surface area contributed by atoms with Crippen LogP contribution in [0.25, 0.3) is 0 Å². The lowest BCUT2D eigenvalue weighted by Crippen LogP contribution is -2.54. The zero-order valence-corrected chi connectivity index (χ0v) is 37.2. The van der Waals surface area contributed by atoms with E-state index < -0.39 is 29.7 Å². The number of hydrogen-bond donors (Lipinski definition) is 2. The Balaban J connectivity index is 0.807. The Hall–Kier alpha value is -3.51. The molecular formula is C44H69N3O17. The maximum Gasteiger partial charge on any atom is 0.264 e. The molecule has 1 aromatic carbocycles. The van der Waals surface area contributed by atoms with Crippen molar-refractivity contribution in [3.63, 3.8) is 0 Å². The Bertz CT molecular complexity index is 1500. The SMILES string of the molecule is O=C1CCC(N2C(=O)c3cccc(NC(=O)CCCCCOCCOCCOCCOCCOCCOCCOCCOCCOCCOCCOC4CCCCO4)c3C2=O)C(=O)N1. The summed E-state index contributed by atoms with van der Waals surface area (Å²) >= 11 is 0. The Kier molecular flexibility index (Phi) is 28.1. The van der Waals surface area contributed by atoms with Crippen molar-refractivity contribution >= 4 is 35.2 Å². The molecule has 0 radical (unpaired) electrons. The van der Waals surface area contributed by atoms with E-state index >= 15 is 0 Å². The van der Waals surface area contributed by atoms with E-state index in [1.807, 2.05) is 0 Å². The molecule has 0 spiro atoms. The zero-order valence-electron chi connectivity index (χ0n) is 37.2. The van der Waals surface area contributed by atoms with Crippen LogP contribution in [0.3, 0.4) is 0 Å². The van der Waals surface area contributed by atoms with E-state index in [1.165, 1.54) is 6.07 Å². The van der Waals surface area contributed by atoms with Crippen LogP contribution >= 0.6 is 0 Å². The largest absolute Gasteiger partial charge is 0.379 e. The van der Waals surface area contributed by atoms with Crippen LogP contribution < -0.4 is 10.6 Å². The number of rotatable bonds is 39. The number of unbranched alkanes of at least 4 members (excludes halogenated alkanes) is 2. The minimum absolute atomic E-state index is 0.0272. The third-order valence-corrected chi connectivity index (χ3v) is 9.95. The summed E-state index contributed by atoms with van der Waals surface area (Å²) in [5.41, 5.74) is 0.380. The van der Waals surface area contributed by atoms with Gasteiger partial charge in [0.05, 0.1) is 149 Å². The molecular weight excluding hydrogens is 842 g/mol. The number of imide groups is 2. The summed E-state index contributed by atoms with van der Waals surface area (Å²) in [5, 5.41) is 4.91. The number of nitrogens with zero attached hydrogens (tertiary/aromatic N) is 1. The van der Waals surface area contributed by atoms with E-state index in [1.54, 1.807) is 12.1 Å². The van der Waals surface area contributed by atoms with Gasteiger partial charge in [0.2, 0.25) is 17.7 Å². The third kappa shape index (κ3) is 21.7. The molecule has 0 bridgehead atoms. The van der Waals surface area contributed by atoms with Crippen LogP contribution in [0.1, 0.15) is 78.5 Å². The molecule has 362 valence electrons. The van der Waals surface area contributed by atoms with Crippen LogP contribution in [0.15, 0.2) is 18.2 Å². The molecule has 2 fully saturated rings. The second-order valence-electron chi connectivity index (χ2n) is 14.8. The zero-order chi connectivity index (χ0) is 45.3. The van der Waals surface area contributed by atoms with Gasteiger partial charge in [-0.2, -0.15) is 0 Å². The van der Waals surface area contributed by atoms with Gasteiger partial charge in [0.15, 0.2) is 6.29 Å². The number of carbonyl (C=O) groups is 5. The highest BCUT2D eigenvalue weighted by atomic mass is 16.7. The highest BCUT2D eigenvalue weighted by Gasteiger charge is 2.45. The van der Waals surface area contributed by atoms with E-state index in [4.69, 9.17) is 56.8 Å². The molecule has 2 saturated heterocycles. The summed E-state index contributed by atoms with van der Waals surface area (Å²) in [6.07, 6.45) is 5.58. The van der Waals surface area contributed by atoms with Gasteiger partial charge >= 0.3 is 0 Å². The Morgan fingerprint density at radius 1 is 0.594 bits per heavy atom. The van der Waals surface area contributed by atoms with E-state index in [2.05, 4.69) is 10.6 Å². The average molecular weight is 912 g/mol. The number of benzene rings is 1. The highest BCUT2D eigenvalue weighted by molar-refractivity contribution is 6.26. The van der Waals surface area contributed by atoms with Crippen molar-refractivity contribution in [2.45, 2.75) is 70.1 Å². The van der Waals surface area contributed by atoms with Crippen molar-refractivity contribution < 1.29 is 80.8 Å². The molecule has 0 aromatic heterocycles. The molecule has 20 heteroatoms. The van der Waals surface area contributed by atoms with Crippen molar-refractivity contribution in [2.24, 2.45) is 0 Å². The normalized spacial score (nSPS) is 17.6. The van der Waals surface area contributed by atoms with Crippen LogP contribution in [0.5, 0.6) is 0 Å². The molecule has 5 amide bonds. The minimum Gasteiger partial charge on any atom is -0.379 e. The summed E-state index contributed by atoms with van der Waals surface area (Å²) in [7, 11) is 0. The first-order valence-electron chi connectivity index (χ1n) is 22.6. The quantitative estimate of drug-likeness (QED) is 0.0714. The first kappa shape index (κ1) is 53.1. The number of anilines is 1. The summed E-state index contributed by atoms with van der Waals surface area (Å²) in [5.74, 6) is -2.72. The van der Waals surface area contributed by atoms with E-state index in [0.717, 1.165) is 43.6 Å². The van der Waals surface area contributed by atoms with Crippen molar-refractivity contribution in [1.29, 1.82) is 0 Å². The number of carbonyl (C=O) groups excluding carboxylic acids is 5. The van der Waals surface area contributed by atoms with Gasteiger partial charge in [-0.3, -0.25) is 34.2 Å². The van der Waals surface area contributed by atoms with Gasteiger partial charge in [0, 0.05) is 26.1 Å². The van der Waals surface area contributed by atoms with Gasteiger partial charge in [-0.05, 0) is 50.7 Å². The van der Waals surface area contributed by atoms with Gasteiger partial charge in [-0.25, -0.2) is 0 Å². The first-order chi connectivity index (χ1) is 31.5. The monoisotopic (exact) mass is 911 g/mol. The topological polar surface area (TPSA) is 223 Å². The number of amides is 5. The molecule has 4 rings (SSSR count).